The lowest BCUT2D eigenvalue weighted by atomic mass is 9.81. The molecule has 3 aliphatic rings. The van der Waals surface area contributed by atoms with E-state index in [-0.39, 0.29) is 137 Å². The Kier molecular flexibility index (Phi) is 52.9. The Balaban J connectivity index is 0.000000247. The van der Waals surface area contributed by atoms with Gasteiger partial charge in [0.2, 0.25) is 36.0 Å². The molecular formula is C114H126ClF8N13O10S3. The molecule has 5 heterocycles. The van der Waals surface area contributed by atoms with Gasteiger partial charge >= 0.3 is 5.97 Å². The molecule has 35 heteroatoms. The average Bonchev–Trinajstić information content (AvgIpc) is 0.830. The maximum Gasteiger partial charge on any atom is 0.306 e. The molecule has 5 aromatic heterocycles. The van der Waals surface area contributed by atoms with Crippen LogP contribution >= 0.6 is 12.4 Å². The normalized spacial score (nSPS) is 16.2. The minimum Gasteiger partial charge on any atom is -0.481 e. The number of allylic oxidation sites excluding steroid dienone is 1. The molecule has 788 valence electrons. The van der Waals surface area contributed by atoms with Gasteiger partial charge in [0.15, 0.2) is 6.29 Å². The summed E-state index contributed by atoms with van der Waals surface area (Å²) in [5, 5.41) is 32.9. The number of sulfonamides is 3. The minimum atomic E-state index is -3.93. The smallest absolute Gasteiger partial charge is 0.306 e. The lowest BCUT2D eigenvalue weighted by Crippen LogP contribution is -2.38. The Labute approximate surface area is 874 Å². The van der Waals surface area contributed by atoms with E-state index in [4.69, 9.17) is 21.4 Å². The minimum absolute atomic E-state index is 0. The number of hydrogen-bond acceptors (Lipinski definition) is 18. The molecule has 3 unspecified atom stereocenters. The van der Waals surface area contributed by atoms with E-state index in [9.17, 15) is 74.8 Å². The molecule has 0 radical (unpaired) electrons. The Bertz CT molecular complexity index is 6660. The molecule has 8 N–H and O–H groups in total. The van der Waals surface area contributed by atoms with Crippen molar-refractivity contribution in [3.05, 3.63) is 419 Å². The number of nitrogens with two attached hydrogens (primary N) is 1. The van der Waals surface area contributed by atoms with Crippen LogP contribution in [0.15, 0.2) is 331 Å². The van der Waals surface area contributed by atoms with Crippen molar-refractivity contribution < 1.29 is 79.9 Å². The van der Waals surface area contributed by atoms with Gasteiger partial charge in [-0.2, -0.15) is 10.5 Å². The van der Waals surface area contributed by atoms with Crippen LogP contribution in [0.25, 0.3) is 11.6 Å². The van der Waals surface area contributed by atoms with Crippen molar-refractivity contribution in [3.8, 4) is 12.1 Å². The van der Waals surface area contributed by atoms with Crippen molar-refractivity contribution in [1.29, 1.82) is 10.5 Å². The molecule has 0 saturated heterocycles. The highest BCUT2D eigenvalue weighted by atomic mass is 35.5. The molecule has 1 amide bonds. The monoisotopic (exact) mass is 2120 g/mol. The predicted octanol–water partition coefficient (Wildman–Crippen LogP) is 21.9. The number of carboxylic acid groups (broad SMARTS) is 1. The summed E-state index contributed by atoms with van der Waals surface area (Å²) in [4.78, 5) is 52.9. The van der Waals surface area contributed by atoms with Gasteiger partial charge in [-0.25, -0.2) is 74.5 Å². The van der Waals surface area contributed by atoms with Crippen molar-refractivity contribution >= 4 is 72.3 Å². The lowest BCUT2D eigenvalue weighted by molar-refractivity contribution is -0.143. The summed E-state index contributed by atoms with van der Waals surface area (Å²) in [5.74, 6) is -3.57. The molecule has 16 rings (SSSR count). The number of pyridine rings is 5. The number of carboxylic acids is 1. The van der Waals surface area contributed by atoms with Gasteiger partial charge in [-0.15, -0.1) is 12.4 Å². The van der Waals surface area contributed by atoms with Crippen LogP contribution in [0.5, 0.6) is 0 Å². The molecule has 3 atom stereocenters. The average molecular weight is 2120 g/mol. The summed E-state index contributed by atoms with van der Waals surface area (Å²) < 4.78 is 187. The third-order valence-corrected chi connectivity index (χ3v) is 29.4. The van der Waals surface area contributed by atoms with E-state index in [2.05, 4.69) is 61.9 Å². The SMILES string of the molecule is C.C.Cl.N#CC(=Cc1cccnc1)c1ccc(F)cc1.N#CCc1ccc(F)cc1.NCC(Cc1cccnc1)c1ccc(F)cc1.O=C(NCC(Cc1cccnc1)c1ccc(F)cc1)C1CCC(CNS(=O)(=O)c2ccccc2F)CC1.O=C(O)C1CCC(CNS(=O)(=O)c2ccccc2F)CC1.O=Cc1cccnc1.O=S(=O)(NCC1CCC(CNCC(Cc2cccnc2)c2ccc(F)cc2)CC1)c1ccccc1F. The fourth-order valence-electron chi connectivity index (χ4n) is 16.8. The highest BCUT2D eigenvalue weighted by molar-refractivity contribution is 7.90. The summed E-state index contributed by atoms with van der Waals surface area (Å²) in [6.45, 7) is 3.38. The molecular weight excluding hydrogens is 1990 g/mol. The molecule has 0 bridgehead atoms. The maximum absolute atomic E-state index is 13.9. The quantitative estimate of drug-likeness (QED) is 0.0112. The summed E-state index contributed by atoms with van der Waals surface area (Å²) in [6, 6.07) is 70.3. The highest BCUT2D eigenvalue weighted by Gasteiger charge is 2.32. The van der Waals surface area contributed by atoms with E-state index >= 15 is 0 Å². The first kappa shape index (κ1) is 122. The van der Waals surface area contributed by atoms with Gasteiger partial charge in [-0.05, 0) is 323 Å². The number of aldehydes is 1. The Morgan fingerprint density at radius 3 is 1.04 bits per heavy atom. The van der Waals surface area contributed by atoms with Gasteiger partial charge < -0.3 is 21.5 Å². The molecule has 149 heavy (non-hydrogen) atoms. The maximum atomic E-state index is 13.9. The summed E-state index contributed by atoms with van der Waals surface area (Å²) in [5.41, 5.74) is 15.7. The molecule has 0 spiro atoms. The van der Waals surface area contributed by atoms with Crippen molar-refractivity contribution in [1.82, 2.24) is 49.7 Å². The molecule has 13 aromatic rings. The number of nitrogens with one attached hydrogen (secondary N) is 5. The van der Waals surface area contributed by atoms with Crippen LogP contribution in [-0.4, -0.2) is 119 Å². The number of halogens is 9. The number of aromatic nitrogens is 5. The zero-order chi connectivity index (χ0) is 104. The standard InChI is InChI=1S/C28H31F2N3O3S.C28H33F2N3O2S.C14H15FN2.C14H9FN2.C14H18FNO4S.C8H6FN.C6H5NO.2CH4.ClH/c29-25-13-11-22(12-14-25)24(16-21-4-3-15-31-17-21)19-32-28(34)23-9-7-20(8-10-23)18-33-37(35,36)27-6-2-1-5-26(27)30;29-26-13-11-24(12-14-26)25(16-23-4-3-15-31-18-23)20-32-17-21-7-9-22(10-8-21)19-33-36(34,35)28-6-2-1-5-27(28)30;2*15-14-5-3-12(4-6-14)13(9-16)8-11-2-1-7-17-10-11;15-12-3-1-2-4-13(12)21(19,20)16-9-10-5-7-11(8-6-10)14(17)18;9-8-3-1-7(2-4-8)5-6-10;8-5-6-2-1-3-7-4-6;;;/h1-6,11-15,17,20,23-24,33H,7-10,16,18-19H2,(H,32,34);1-6,11-15,18,21-22,25,32-33H,7-10,16-17,19-20H2;1-7,10,13H,8-9,16H2;1-8,10H;1-4,10-11,16H,5-9H2,(H,17,18);1-4H,5H2;1-5H;2*1H4;1H. The first-order valence-corrected chi connectivity index (χ1v) is 52.2. The van der Waals surface area contributed by atoms with Crippen LogP contribution in [0.1, 0.15) is 170 Å². The summed E-state index contributed by atoms with van der Waals surface area (Å²) in [6.07, 6.45) is 31.4. The van der Waals surface area contributed by atoms with E-state index in [0.29, 0.717) is 106 Å². The number of carbonyl (C=O) groups is 3. The first-order valence-electron chi connectivity index (χ1n) is 47.8. The zero-order valence-electron chi connectivity index (χ0n) is 80.6. The van der Waals surface area contributed by atoms with Crippen molar-refractivity contribution in [2.45, 2.75) is 150 Å². The van der Waals surface area contributed by atoms with Crippen LogP contribution in [-0.2, 0) is 65.3 Å². The first-order chi connectivity index (χ1) is 70.5. The topological polar surface area (TPSA) is 372 Å². The summed E-state index contributed by atoms with van der Waals surface area (Å²) in [7, 11) is -11.6. The second-order valence-corrected chi connectivity index (χ2v) is 40.6. The third-order valence-electron chi connectivity index (χ3n) is 25.0. The van der Waals surface area contributed by atoms with Gasteiger partial charge in [0.05, 0.1) is 30.1 Å². The predicted molar refractivity (Wildman–Crippen MR) is 565 cm³/mol. The largest absolute Gasteiger partial charge is 0.481 e. The van der Waals surface area contributed by atoms with Crippen LogP contribution in [0, 0.1) is 105 Å². The molecule has 3 aliphatic carbocycles. The zero-order valence-corrected chi connectivity index (χ0v) is 83.9. The van der Waals surface area contributed by atoms with Crippen LogP contribution in [0.3, 0.4) is 0 Å². The number of nitriles is 2. The second kappa shape index (κ2) is 64.5. The number of carbonyl (C=O) groups excluding carboxylic acids is 2. The second-order valence-electron chi connectivity index (χ2n) is 35.4. The van der Waals surface area contributed by atoms with Gasteiger partial charge in [0.25, 0.3) is 0 Å². The number of aliphatic carboxylic acids is 1. The van der Waals surface area contributed by atoms with Gasteiger partial charge in [0, 0.05) is 124 Å². The highest BCUT2D eigenvalue weighted by Crippen LogP contribution is 2.34. The third kappa shape index (κ3) is 42.4. The molecule has 3 fully saturated rings. The molecule has 8 aromatic carbocycles. The van der Waals surface area contributed by atoms with E-state index < -0.39 is 53.5 Å². The van der Waals surface area contributed by atoms with Gasteiger partial charge in [-0.1, -0.05) is 136 Å². The summed E-state index contributed by atoms with van der Waals surface area (Å²) >= 11 is 0. The Morgan fingerprint density at radius 2 is 0.711 bits per heavy atom. The molecule has 3 saturated carbocycles. The van der Waals surface area contributed by atoms with Crippen LogP contribution < -0.4 is 30.5 Å². The fraction of sp³-hybridized carbons (Fsp3) is 0.298. The van der Waals surface area contributed by atoms with Crippen molar-refractivity contribution in [3.63, 3.8) is 0 Å². The van der Waals surface area contributed by atoms with E-state index in [0.717, 1.165) is 121 Å². The number of benzene rings is 8. The van der Waals surface area contributed by atoms with E-state index in [1.165, 1.54) is 121 Å². The van der Waals surface area contributed by atoms with Crippen LogP contribution in [0.2, 0.25) is 0 Å². The van der Waals surface area contributed by atoms with Gasteiger partial charge in [-0.3, -0.25) is 39.3 Å². The van der Waals surface area contributed by atoms with Gasteiger partial charge in [0.1, 0.15) is 61.2 Å². The number of amides is 1. The fourth-order valence-corrected chi connectivity index (χ4v) is 20.3. The van der Waals surface area contributed by atoms with E-state index in [1.807, 2.05) is 67.0 Å². The number of nitrogens with zero attached hydrogens (tertiary/aromatic N) is 7. The number of rotatable bonds is 34. The molecule has 23 nitrogen and oxygen atoms in total. The lowest BCUT2D eigenvalue weighted by Gasteiger charge is -2.29. The van der Waals surface area contributed by atoms with E-state index in [1.54, 1.807) is 116 Å². The Morgan fingerprint density at radius 1 is 0.389 bits per heavy atom. The van der Waals surface area contributed by atoms with Crippen LogP contribution in [0.4, 0.5) is 35.1 Å². The Hall–Kier alpha value is -13.8. The van der Waals surface area contributed by atoms with Crippen molar-refractivity contribution in [2.75, 3.05) is 45.8 Å². The number of hydrogen-bond donors (Lipinski definition) is 7. The molecule has 0 aliphatic heterocycles. The van der Waals surface area contributed by atoms with Crippen molar-refractivity contribution in [2.24, 2.45) is 41.2 Å².